The van der Waals surface area contributed by atoms with Gasteiger partial charge in [0.05, 0.1) is 12.1 Å². The van der Waals surface area contributed by atoms with E-state index in [1.54, 1.807) is 19.1 Å². The fourth-order valence-electron chi connectivity index (χ4n) is 1.64. The summed E-state index contributed by atoms with van der Waals surface area (Å²) in [4.78, 5) is 15.5. The summed E-state index contributed by atoms with van der Waals surface area (Å²) in [5.74, 6) is -1.25. The average molecular weight is 266 g/mol. The first kappa shape index (κ1) is 12.5. The maximum atomic E-state index is 13.2. The molecule has 0 atom stereocenters. The number of anilines is 1. The summed E-state index contributed by atoms with van der Waals surface area (Å²) in [7, 11) is 0. The molecule has 0 aliphatic rings. The van der Waals surface area contributed by atoms with E-state index in [0.717, 1.165) is 11.3 Å². The molecule has 0 unspecified atom stereocenters. The molecule has 0 bridgehead atoms. The highest BCUT2D eigenvalue weighted by atomic mass is 32.1. The number of benzene rings is 1. The van der Waals surface area contributed by atoms with Gasteiger partial charge in [-0.1, -0.05) is 0 Å². The third kappa shape index (κ3) is 2.48. The van der Waals surface area contributed by atoms with E-state index >= 15 is 0 Å². The number of thiazole rings is 1. The lowest BCUT2D eigenvalue weighted by Crippen LogP contribution is -1.99. The minimum Gasteiger partial charge on any atom is -0.481 e. The number of aromatic nitrogens is 1. The molecule has 0 radical (unpaired) electrons. The van der Waals surface area contributed by atoms with E-state index in [1.807, 2.05) is 0 Å². The number of rotatable bonds is 3. The van der Waals surface area contributed by atoms with Crippen LogP contribution in [0.15, 0.2) is 18.2 Å². The molecule has 0 aliphatic heterocycles. The molecule has 0 aliphatic carbocycles. The van der Waals surface area contributed by atoms with Gasteiger partial charge in [0.25, 0.3) is 0 Å². The van der Waals surface area contributed by atoms with Crippen LogP contribution in [0.4, 0.5) is 9.52 Å². The number of nitrogen functional groups attached to an aromatic ring is 1. The lowest BCUT2D eigenvalue weighted by Gasteiger charge is -2.02. The fourth-order valence-corrected chi connectivity index (χ4v) is 2.49. The number of halogens is 1. The van der Waals surface area contributed by atoms with E-state index in [0.29, 0.717) is 26.8 Å². The van der Waals surface area contributed by atoms with Crippen molar-refractivity contribution in [3.8, 4) is 11.3 Å². The Morgan fingerprint density at radius 2 is 2.28 bits per heavy atom. The Hall–Kier alpha value is -1.95. The highest BCUT2D eigenvalue weighted by molar-refractivity contribution is 7.15. The molecule has 0 spiro atoms. The predicted molar refractivity (Wildman–Crippen MR) is 68.0 cm³/mol. The first-order valence-electron chi connectivity index (χ1n) is 5.21. The second-order valence-electron chi connectivity index (χ2n) is 3.86. The Kier molecular flexibility index (Phi) is 3.29. The first-order chi connectivity index (χ1) is 8.47. The van der Waals surface area contributed by atoms with Gasteiger partial charge in [0.15, 0.2) is 5.13 Å². The van der Waals surface area contributed by atoms with Crippen LogP contribution in [0.25, 0.3) is 11.3 Å². The quantitative estimate of drug-likeness (QED) is 0.894. The third-order valence-electron chi connectivity index (χ3n) is 2.46. The molecule has 94 valence electrons. The summed E-state index contributed by atoms with van der Waals surface area (Å²) in [6.07, 6.45) is -0.138. The van der Waals surface area contributed by atoms with Crippen molar-refractivity contribution in [3.63, 3.8) is 0 Å². The minimum absolute atomic E-state index is 0.138. The number of carbonyl (C=O) groups is 1. The zero-order valence-corrected chi connectivity index (χ0v) is 10.4. The average Bonchev–Trinajstić information content (AvgIpc) is 2.62. The molecule has 1 heterocycles. The fraction of sp³-hybridized carbons (Fsp3) is 0.167. The number of hydrogen-bond acceptors (Lipinski definition) is 4. The van der Waals surface area contributed by atoms with Gasteiger partial charge in [0.2, 0.25) is 0 Å². The molecule has 1 aromatic carbocycles. The van der Waals surface area contributed by atoms with Crippen molar-refractivity contribution in [2.45, 2.75) is 13.3 Å². The number of aliphatic carboxylic acids is 1. The molecule has 0 saturated carbocycles. The van der Waals surface area contributed by atoms with Crippen LogP contribution in [0.1, 0.15) is 10.4 Å². The Morgan fingerprint density at radius 3 is 2.89 bits per heavy atom. The summed E-state index contributed by atoms with van der Waals surface area (Å²) in [5, 5.41) is 9.13. The normalized spacial score (nSPS) is 10.6. The molecule has 0 fully saturated rings. The van der Waals surface area contributed by atoms with Gasteiger partial charge in [-0.2, -0.15) is 0 Å². The van der Waals surface area contributed by atoms with Gasteiger partial charge in [0.1, 0.15) is 5.82 Å². The maximum Gasteiger partial charge on any atom is 0.308 e. The van der Waals surface area contributed by atoms with Crippen molar-refractivity contribution < 1.29 is 14.3 Å². The minimum atomic E-state index is -0.946. The van der Waals surface area contributed by atoms with Crippen molar-refractivity contribution in [3.05, 3.63) is 34.5 Å². The van der Waals surface area contributed by atoms with E-state index in [9.17, 15) is 9.18 Å². The summed E-state index contributed by atoms with van der Waals surface area (Å²) >= 11 is 1.14. The lowest BCUT2D eigenvalue weighted by atomic mass is 10.1. The zero-order chi connectivity index (χ0) is 13.3. The van der Waals surface area contributed by atoms with Crippen molar-refractivity contribution in [1.29, 1.82) is 0 Å². The molecule has 18 heavy (non-hydrogen) atoms. The number of aryl methyl sites for hydroxylation is 1. The van der Waals surface area contributed by atoms with Crippen LogP contribution in [-0.2, 0) is 11.2 Å². The molecular formula is C12H11FN2O2S. The van der Waals surface area contributed by atoms with E-state index in [4.69, 9.17) is 10.8 Å². The Bertz CT molecular complexity index is 610. The van der Waals surface area contributed by atoms with Crippen molar-refractivity contribution >= 4 is 22.4 Å². The van der Waals surface area contributed by atoms with E-state index in [1.165, 1.54) is 6.07 Å². The van der Waals surface area contributed by atoms with Gasteiger partial charge in [0, 0.05) is 10.4 Å². The van der Waals surface area contributed by atoms with E-state index < -0.39 is 5.97 Å². The number of hydrogen-bond donors (Lipinski definition) is 2. The SMILES string of the molecule is Cc1cc(-c2nc(N)sc2CC(=O)O)ccc1F. The van der Waals surface area contributed by atoms with Gasteiger partial charge in [-0.05, 0) is 30.7 Å². The standard InChI is InChI=1S/C12H11FN2O2S/c1-6-4-7(2-3-8(6)13)11-9(5-10(16)17)18-12(14)15-11/h2-4H,5H2,1H3,(H2,14,15)(H,16,17). The summed E-state index contributed by atoms with van der Waals surface area (Å²) < 4.78 is 13.2. The van der Waals surface area contributed by atoms with Crippen LogP contribution in [0.2, 0.25) is 0 Å². The summed E-state index contributed by atoms with van der Waals surface area (Å²) in [6.45, 7) is 1.64. The van der Waals surface area contributed by atoms with Crippen molar-refractivity contribution in [2.24, 2.45) is 0 Å². The number of carboxylic acids is 1. The van der Waals surface area contributed by atoms with Gasteiger partial charge in [-0.25, -0.2) is 9.37 Å². The molecule has 2 aromatic rings. The van der Waals surface area contributed by atoms with Crippen molar-refractivity contribution in [1.82, 2.24) is 4.98 Å². The number of nitrogens with zero attached hydrogens (tertiary/aromatic N) is 1. The second-order valence-corrected chi connectivity index (χ2v) is 4.97. The number of nitrogens with two attached hydrogens (primary N) is 1. The molecule has 4 nitrogen and oxygen atoms in total. The monoisotopic (exact) mass is 266 g/mol. The van der Waals surface area contributed by atoms with Gasteiger partial charge in [-0.3, -0.25) is 4.79 Å². The van der Waals surface area contributed by atoms with Crippen LogP contribution in [0, 0.1) is 12.7 Å². The van der Waals surface area contributed by atoms with Crippen LogP contribution in [0.5, 0.6) is 0 Å². The summed E-state index contributed by atoms with van der Waals surface area (Å²) in [6, 6.07) is 4.54. The van der Waals surface area contributed by atoms with Crippen LogP contribution in [-0.4, -0.2) is 16.1 Å². The highest BCUT2D eigenvalue weighted by Crippen LogP contribution is 2.31. The molecule has 2 rings (SSSR count). The third-order valence-corrected chi connectivity index (χ3v) is 3.34. The molecule has 1 aromatic heterocycles. The smallest absolute Gasteiger partial charge is 0.308 e. The Balaban J connectivity index is 2.49. The predicted octanol–water partition coefficient (Wildman–Crippen LogP) is 2.47. The van der Waals surface area contributed by atoms with Gasteiger partial charge < -0.3 is 10.8 Å². The van der Waals surface area contributed by atoms with Crippen LogP contribution in [0.3, 0.4) is 0 Å². The van der Waals surface area contributed by atoms with Gasteiger partial charge in [-0.15, -0.1) is 11.3 Å². The Labute approximate surface area is 107 Å². The van der Waals surface area contributed by atoms with Crippen LogP contribution >= 0.6 is 11.3 Å². The number of carboxylic acid groups (broad SMARTS) is 1. The van der Waals surface area contributed by atoms with Crippen LogP contribution < -0.4 is 5.73 Å². The molecule has 0 amide bonds. The molecule has 6 heteroatoms. The van der Waals surface area contributed by atoms with E-state index in [2.05, 4.69) is 4.98 Å². The first-order valence-corrected chi connectivity index (χ1v) is 6.02. The largest absolute Gasteiger partial charge is 0.481 e. The van der Waals surface area contributed by atoms with E-state index in [-0.39, 0.29) is 12.2 Å². The molecule has 3 N–H and O–H groups in total. The lowest BCUT2D eigenvalue weighted by molar-refractivity contribution is -0.136. The topological polar surface area (TPSA) is 76.2 Å². The maximum absolute atomic E-state index is 13.2. The molecular weight excluding hydrogens is 255 g/mol. The summed E-state index contributed by atoms with van der Waals surface area (Å²) in [5.41, 5.74) is 7.28. The zero-order valence-electron chi connectivity index (χ0n) is 9.61. The molecule has 0 saturated heterocycles. The highest BCUT2D eigenvalue weighted by Gasteiger charge is 2.15. The Morgan fingerprint density at radius 1 is 1.56 bits per heavy atom. The van der Waals surface area contributed by atoms with Crippen molar-refractivity contribution in [2.75, 3.05) is 5.73 Å². The van der Waals surface area contributed by atoms with Gasteiger partial charge >= 0.3 is 5.97 Å². The second kappa shape index (κ2) is 4.73.